The fourth-order valence-corrected chi connectivity index (χ4v) is 4.86. The quantitative estimate of drug-likeness (QED) is 0.334. The minimum absolute atomic E-state index is 0.0452. The molecule has 0 saturated carbocycles. The lowest BCUT2D eigenvalue weighted by atomic mass is 10.1. The summed E-state index contributed by atoms with van der Waals surface area (Å²) in [6.45, 7) is -0.254. The maximum absolute atomic E-state index is 12.6. The molecule has 35 heavy (non-hydrogen) atoms. The van der Waals surface area contributed by atoms with Crippen molar-refractivity contribution in [2.45, 2.75) is 17.9 Å². The third kappa shape index (κ3) is 5.93. The van der Waals surface area contributed by atoms with Crippen LogP contribution in [0.4, 0.5) is 5.13 Å². The molecule has 4 aromatic rings. The molecule has 11 nitrogen and oxygen atoms in total. The normalized spacial score (nSPS) is 11.1. The second-order valence-electron chi connectivity index (χ2n) is 7.12. The van der Waals surface area contributed by atoms with Gasteiger partial charge >= 0.3 is 0 Å². The summed E-state index contributed by atoms with van der Waals surface area (Å²) in [5.74, 6) is -0.404. The van der Waals surface area contributed by atoms with Crippen LogP contribution in [0.2, 0.25) is 5.02 Å². The van der Waals surface area contributed by atoms with Crippen molar-refractivity contribution in [1.82, 2.24) is 19.1 Å². The third-order valence-electron chi connectivity index (χ3n) is 4.58. The molecule has 0 radical (unpaired) electrons. The number of anilines is 1. The molecule has 0 aliphatic heterocycles. The first-order valence-corrected chi connectivity index (χ1v) is 12.5. The molecule has 2 aromatic heterocycles. The average molecular weight is 530 g/mol. The van der Waals surface area contributed by atoms with Crippen molar-refractivity contribution in [2.24, 2.45) is 5.73 Å². The third-order valence-corrected chi connectivity index (χ3v) is 6.87. The molecule has 2 heterocycles. The molecule has 0 bridgehead atoms. The number of nitrogens with two attached hydrogens (primary N) is 1. The van der Waals surface area contributed by atoms with E-state index in [1.165, 1.54) is 29.2 Å². The minimum Gasteiger partial charge on any atom is -0.438 e. The van der Waals surface area contributed by atoms with Crippen LogP contribution in [0, 0.1) is 11.3 Å². The topological polar surface area (TPSA) is 166 Å². The Morgan fingerprint density at radius 3 is 2.66 bits per heavy atom. The van der Waals surface area contributed by atoms with E-state index in [1.807, 2.05) is 18.2 Å². The van der Waals surface area contributed by atoms with Crippen molar-refractivity contribution in [1.29, 1.82) is 5.26 Å². The molecule has 0 spiro atoms. The smallest absolute Gasteiger partial charge is 0.263 e. The number of nitrogens with zero attached hydrogens (tertiary/aromatic N) is 5. The molecule has 3 N–H and O–H groups in total. The second kappa shape index (κ2) is 10.1. The van der Waals surface area contributed by atoms with Crippen molar-refractivity contribution < 1.29 is 17.9 Å². The van der Waals surface area contributed by atoms with Gasteiger partial charge in [0.05, 0.1) is 16.2 Å². The number of benzene rings is 2. The van der Waals surface area contributed by atoms with Crippen molar-refractivity contribution in [3.8, 4) is 17.7 Å². The van der Waals surface area contributed by atoms with Gasteiger partial charge in [-0.25, -0.2) is 18.1 Å². The Labute approximate surface area is 209 Å². The largest absolute Gasteiger partial charge is 0.438 e. The van der Waals surface area contributed by atoms with Crippen LogP contribution in [-0.2, 0) is 27.8 Å². The number of ether oxygens (including phenoxy) is 1. The molecule has 178 valence electrons. The van der Waals surface area contributed by atoms with Crippen LogP contribution in [0.5, 0.6) is 11.6 Å². The Kier molecular flexibility index (Phi) is 6.97. The molecule has 2 aromatic carbocycles. The molecule has 0 atom stereocenters. The van der Waals surface area contributed by atoms with Gasteiger partial charge in [-0.05, 0) is 35.9 Å². The predicted octanol–water partition coefficient (Wildman–Crippen LogP) is 2.93. The Morgan fingerprint density at radius 1 is 1.23 bits per heavy atom. The molecule has 0 unspecified atom stereocenters. The predicted molar refractivity (Wildman–Crippen MR) is 128 cm³/mol. The monoisotopic (exact) mass is 529 g/mol. The van der Waals surface area contributed by atoms with Gasteiger partial charge in [-0.15, -0.1) is 0 Å². The summed E-state index contributed by atoms with van der Waals surface area (Å²) in [6.07, 6.45) is 1.65. The van der Waals surface area contributed by atoms with E-state index in [1.54, 1.807) is 18.2 Å². The summed E-state index contributed by atoms with van der Waals surface area (Å²) in [5.41, 5.74) is 6.81. The summed E-state index contributed by atoms with van der Waals surface area (Å²) < 4.78 is 38.4. The zero-order chi connectivity index (χ0) is 25.0. The molecule has 0 saturated heterocycles. The lowest BCUT2D eigenvalue weighted by Gasteiger charge is -2.10. The number of sulfonamides is 1. The fraction of sp³-hybridized carbons (Fsp3) is 0.0952. The van der Waals surface area contributed by atoms with Gasteiger partial charge in [0.15, 0.2) is 0 Å². The Morgan fingerprint density at radius 2 is 2.00 bits per heavy atom. The van der Waals surface area contributed by atoms with Crippen molar-refractivity contribution in [3.05, 3.63) is 76.7 Å². The number of nitriles is 1. The van der Waals surface area contributed by atoms with E-state index >= 15 is 0 Å². The van der Waals surface area contributed by atoms with E-state index in [4.69, 9.17) is 22.1 Å². The highest BCUT2D eigenvalue weighted by Gasteiger charge is 2.20. The van der Waals surface area contributed by atoms with E-state index in [-0.39, 0.29) is 33.8 Å². The van der Waals surface area contributed by atoms with E-state index in [0.717, 1.165) is 17.1 Å². The lowest BCUT2D eigenvalue weighted by molar-refractivity contribution is -0.118. The fourth-order valence-electron chi connectivity index (χ4n) is 3.05. The number of rotatable bonds is 9. The summed E-state index contributed by atoms with van der Waals surface area (Å²) in [7, 11) is -4.00. The number of hydrogen-bond acceptors (Lipinski definition) is 9. The zero-order valence-corrected chi connectivity index (χ0v) is 20.1. The number of nitrogens with one attached hydrogen (secondary N) is 1. The standard InChI is InChI=1S/C21H16ClN7O4S2/c22-15-3-1-13(2-4-15)7-16-9-20(29(27-16)11-19(24)30)33-18-6-5-17(8-14(18)10-23)35(31,32)28-21-25-12-26-34-21/h1-6,8-9,12H,7,11H2,(H2,24,30)(H,25,26,28). The van der Waals surface area contributed by atoms with Crippen LogP contribution in [0.25, 0.3) is 0 Å². The molecular weight excluding hydrogens is 514 g/mol. The van der Waals surface area contributed by atoms with Gasteiger partial charge in [-0.1, -0.05) is 23.7 Å². The number of carbonyl (C=O) groups is 1. The first-order valence-electron chi connectivity index (χ1n) is 9.84. The Balaban J connectivity index is 1.62. The van der Waals surface area contributed by atoms with E-state index in [9.17, 15) is 18.5 Å². The first-order chi connectivity index (χ1) is 16.7. The number of primary amides is 1. The number of carbonyl (C=O) groups excluding carboxylic acids is 1. The SMILES string of the molecule is N#Cc1cc(S(=O)(=O)Nc2ncns2)ccc1Oc1cc(Cc2ccc(Cl)cc2)nn1CC(N)=O. The number of aromatic nitrogens is 4. The first kappa shape index (κ1) is 24.1. The van der Waals surface area contributed by atoms with Crippen LogP contribution in [0.1, 0.15) is 16.8 Å². The van der Waals surface area contributed by atoms with Crippen LogP contribution >= 0.6 is 23.1 Å². The Bertz CT molecular complexity index is 1510. The highest BCUT2D eigenvalue weighted by atomic mass is 35.5. The van der Waals surface area contributed by atoms with Gasteiger partial charge in [0.2, 0.25) is 16.9 Å². The van der Waals surface area contributed by atoms with Gasteiger partial charge in [0, 0.05) is 29.0 Å². The summed E-state index contributed by atoms with van der Waals surface area (Å²) in [6, 6.07) is 14.5. The van der Waals surface area contributed by atoms with Crippen molar-refractivity contribution >= 4 is 44.2 Å². The van der Waals surface area contributed by atoms with E-state index in [2.05, 4.69) is 19.2 Å². The molecule has 4 rings (SSSR count). The minimum atomic E-state index is -4.00. The lowest BCUT2D eigenvalue weighted by Crippen LogP contribution is -2.20. The number of hydrogen-bond donors (Lipinski definition) is 2. The van der Waals surface area contributed by atoms with Crippen LogP contribution in [0.3, 0.4) is 0 Å². The van der Waals surface area contributed by atoms with Crippen molar-refractivity contribution in [2.75, 3.05) is 4.72 Å². The van der Waals surface area contributed by atoms with Crippen LogP contribution < -0.4 is 15.2 Å². The number of amides is 1. The molecule has 14 heteroatoms. The summed E-state index contributed by atoms with van der Waals surface area (Å²) in [4.78, 5) is 15.2. The highest BCUT2D eigenvalue weighted by Crippen LogP contribution is 2.29. The summed E-state index contributed by atoms with van der Waals surface area (Å²) >= 11 is 6.80. The van der Waals surface area contributed by atoms with Crippen LogP contribution in [0.15, 0.2) is 59.8 Å². The molecule has 0 fully saturated rings. The van der Waals surface area contributed by atoms with E-state index < -0.39 is 15.9 Å². The van der Waals surface area contributed by atoms with Gasteiger partial charge in [0.25, 0.3) is 10.0 Å². The molecular formula is C21H16ClN7O4S2. The Hall–Kier alpha value is -3.99. The average Bonchev–Trinajstić information content (AvgIpc) is 3.44. The number of halogens is 1. The van der Waals surface area contributed by atoms with Crippen molar-refractivity contribution in [3.63, 3.8) is 0 Å². The molecule has 0 aliphatic carbocycles. The zero-order valence-electron chi connectivity index (χ0n) is 17.8. The van der Waals surface area contributed by atoms with Gasteiger partial charge < -0.3 is 10.5 Å². The molecule has 1 amide bonds. The van der Waals surface area contributed by atoms with E-state index in [0.29, 0.717) is 17.1 Å². The van der Waals surface area contributed by atoms with Gasteiger partial charge in [-0.2, -0.15) is 14.7 Å². The van der Waals surface area contributed by atoms with Crippen LogP contribution in [-0.4, -0.2) is 33.5 Å². The highest BCUT2D eigenvalue weighted by molar-refractivity contribution is 7.93. The maximum atomic E-state index is 12.6. The second-order valence-corrected chi connectivity index (χ2v) is 10.0. The van der Waals surface area contributed by atoms with Gasteiger partial charge in [0.1, 0.15) is 24.7 Å². The summed E-state index contributed by atoms with van der Waals surface area (Å²) in [5, 5.41) is 14.7. The maximum Gasteiger partial charge on any atom is 0.263 e. The molecule has 0 aliphatic rings. The van der Waals surface area contributed by atoms with Gasteiger partial charge in [-0.3, -0.25) is 9.52 Å².